The predicted octanol–water partition coefficient (Wildman–Crippen LogP) is 0.316. The second-order valence-corrected chi connectivity index (χ2v) is 4.93. The zero-order chi connectivity index (χ0) is 13.1. The van der Waals surface area contributed by atoms with E-state index in [0.717, 1.165) is 25.9 Å². The second-order valence-electron chi connectivity index (χ2n) is 4.93. The van der Waals surface area contributed by atoms with Gasteiger partial charge in [0, 0.05) is 24.7 Å². The first-order chi connectivity index (χ1) is 8.63. The monoisotopic (exact) mass is 252 g/mol. The number of amides is 1. The molecule has 5 nitrogen and oxygen atoms in total. The number of nitrogens with zero attached hydrogens (tertiary/aromatic N) is 1. The highest BCUT2D eigenvalue weighted by Crippen LogP contribution is 2.27. The molecule has 0 aliphatic carbocycles. The van der Waals surface area contributed by atoms with Crippen LogP contribution in [-0.2, 0) is 14.3 Å². The highest BCUT2D eigenvalue weighted by atomic mass is 16.5. The Hall–Kier alpha value is -1.36. The van der Waals surface area contributed by atoms with Gasteiger partial charge in [-0.15, -0.1) is 0 Å². The van der Waals surface area contributed by atoms with Crippen LogP contribution in [0.4, 0.5) is 0 Å². The van der Waals surface area contributed by atoms with E-state index in [4.69, 9.17) is 0 Å². The van der Waals surface area contributed by atoms with E-state index in [1.54, 1.807) is 6.92 Å². The molecule has 0 aromatic carbocycles. The van der Waals surface area contributed by atoms with Crippen molar-refractivity contribution in [3.05, 3.63) is 11.6 Å². The first-order valence-corrected chi connectivity index (χ1v) is 6.40. The Morgan fingerprint density at radius 2 is 2.39 bits per heavy atom. The molecule has 2 aliphatic rings. The maximum absolute atomic E-state index is 11.6. The Balaban J connectivity index is 1.97. The average molecular weight is 252 g/mol. The summed E-state index contributed by atoms with van der Waals surface area (Å²) in [7, 11) is 1.39. The van der Waals surface area contributed by atoms with E-state index in [1.165, 1.54) is 7.11 Å². The molecule has 0 saturated carbocycles. The Labute approximate surface area is 107 Å². The van der Waals surface area contributed by atoms with Crippen molar-refractivity contribution < 1.29 is 14.3 Å². The van der Waals surface area contributed by atoms with Gasteiger partial charge in [-0.2, -0.15) is 0 Å². The van der Waals surface area contributed by atoms with E-state index in [2.05, 4.69) is 15.0 Å². The summed E-state index contributed by atoms with van der Waals surface area (Å²) in [5.41, 5.74) is 0.622. The molecule has 0 radical (unpaired) electrons. The summed E-state index contributed by atoms with van der Waals surface area (Å²) in [6, 6.07) is 0.285. The number of esters is 1. The van der Waals surface area contributed by atoms with E-state index in [-0.39, 0.29) is 23.8 Å². The van der Waals surface area contributed by atoms with Crippen LogP contribution in [0.5, 0.6) is 0 Å². The molecule has 5 heteroatoms. The molecule has 2 fully saturated rings. The first kappa shape index (κ1) is 13.1. The summed E-state index contributed by atoms with van der Waals surface area (Å²) in [6.45, 7) is 4.18. The lowest BCUT2D eigenvalue weighted by molar-refractivity contribution is -0.136. The summed E-state index contributed by atoms with van der Waals surface area (Å²) in [5.74, 6) is 0.0214. The van der Waals surface area contributed by atoms with E-state index in [0.29, 0.717) is 12.1 Å². The number of hydrogen-bond donors (Lipinski definition) is 1. The van der Waals surface area contributed by atoms with Crippen molar-refractivity contribution >= 4 is 11.9 Å². The van der Waals surface area contributed by atoms with Crippen LogP contribution in [0.15, 0.2) is 11.6 Å². The molecule has 2 atom stereocenters. The highest BCUT2D eigenvalue weighted by Gasteiger charge is 2.40. The molecule has 2 rings (SSSR count). The van der Waals surface area contributed by atoms with Crippen molar-refractivity contribution in [3.8, 4) is 0 Å². The van der Waals surface area contributed by atoms with Gasteiger partial charge in [-0.25, -0.2) is 4.79 Å². The number of hydrogen-bond acceptors (Lipinski definition) is 4. The van der Waals surface area contributed by atoms with Crippen LogP contribution < -0.4 is 5.32 Å². The number of carbonyl (C=O) groups excluding carboxylic acids is 2. The van der Waals surface area contributed by atoms with Gasteiger partial charge in [0.2, 0.25) is 5.91 Å². The van der Waals surface area contributed by atoms with Gasteiger partial charge in [-0.1, -0.05) is 6.08 Å². The van der Waals surface area contributed by atoms with Crippen LogP contribution in [-0.4, -0.2) is 49.6 Å². The number of methoxy groups -OCH3 is 1. The Bertz CT molecular complexity index is 378. The molecule has 2 aliphatic heterocycles. The SMILES string of the molecule is COC(=O)C(C)=CCN1CCCC2C(=O)NCC21. The third-order valence-corrected chi connectivity index (χ3v) is 3.86. The van der Waals surface area contributed by atoms with Crippen LogP contribution in [0.25, 0.3) is 0 Å². The highest BCUT2D eigenvalue weighted by molar-refractivity contribution is 5.87. The van der Waals surface area contributed by atoms with Crippen LogP contribution in [0.1, 0.15) is 19.8 Å². The van der Waals surface area contributed by atoms with E-state index < -0.39 is 0 Å². The van der Waals surface area contributed by atoms with Crippen molar-refractivity contribution in [2.45, 2.75) is 25.8 Å². The molecule has 1 amide bonds. The van der Waals surface area contributed by atoms with Gasteiger partial charge in [0.25, 0.3) is 0 Å². The number of carbonyl (C=O) groups is 2. The normalized spacial score (nSPS) is 28.8. The van der Waals surface area contributed by atoms with E-state index in [1.807, 2.05) is 6.08 Å². The molecule has 2 unspecified atom stereocenters. The molecule has 18 heavy (non-hydrogen) atoms. The van der Waals surface area contributed by atoms with Crippen molar-refractivity contribution in [3.63, 3.8) is 0 Å². The molecule has 1 N–H and O–H groups in total. The van der Waals surface area contributed by atoms with Gasteiger partial charge < -0.3 is 10.1 Å². The molecule has 2 saturated heterocycles. The van der Waals surface area contributed by atoms with Gasteiger partial charge in [-0.05, 0) is 26.3 Å². The number of ether oxygens (including phenoxy) is 1. The quantitative estimate of drug-likeness (QED) is 0.580. The number of fused-ring (bicyclic) bond motifs is 1. The van der Waals surface area contributed by atoms with Crippen LogP contribution in [0.3, 0.4) is 0 Å². The van der Waals surface area contributed by atoms with Crippen LogP contribution in [0, 0.1) is 5.92 Å². The molecule has 0 spiro atoms. The van der Waals surface area contributed by atoms with Gasteiger partial charge >= 0.3 is 5.97 Å². The first-order valence-electron chi connectivity index (χ1n) is 6.40. The predicted molar refractivity (Wildman–Crippen MR) is 66.9 cm³/mol. The minimum atomic E-state index is -0.288. The fourth-order valence-corrected chi connectivity index (χ4v) is 2.77. The van der Waals surface area contributed by atoms with E-state index >= 15 is 0 Å². The van der Waals surface area contributed by atoms with Gasteiger partial charge in [0.05, 0.1) is 13.0 Å². The Morgan fingerprint density at radius 3 is 3.11 bits per heavy atom. The summed E-state index contributed by atoms with van der Waals surface area (Å²) < 4.78 is 4.66. The minimum absolute atomic E-state index is 0.130. The smallest absolute Gasteiger partial charge is 0.333 e. The molecule has 0 aromatic rings. The average Bonchev–Trinajstić information content (AvgIpc) is 2.77. The molecule has 0 bridgehead atoms. The minimum Gasteiger partial charge on any atom is -0.466 e. The van der Waals surface area contributed by atoms with Crippen molar-refractivity contribution in [1.29, 1.82) is 0 Å². The summed E-state index contributed by atoms with van der Waals surface area (Å²) in [5, 5.41) is 2.92. The zero-order valence-electron chi connectivity index (χ0n) is 10.9. The molecule has 100 valence electrons. The maximum atomic E-state index is 11.6. The van der Waals surface area contributed by atoms with Crippen molar-refractivity contribution in [1.82, 2.24) is 10.2 Å². The molecule has 0 aromatic heterocycles. The maximum Gasteiger partial charge on any atom is 0.333 e. The number of rotatable bonds is 3. The van der Waals surface area contributed by atoms with Crippen LogP contribution in [0.2, 0.25) is 0 Å². The van der Waals surface area contributed by atoms with Gasteiger partial charge in [0.15, 0.2) is 0 Å². The summed E-state index contributed by atoms with van der Waals surface area (Å²) in [4.78, 5) is 25.2. The standard InChI is InChI=1S/C13H20N2O3/c1-9(13(17)18-2)5-7-15-6-3-4-10-11(15)8-14-12(10)16/h5,10-11H,3-4,6-8H2,1-2H3,(H,14,16). The Morgan fingerprint density at radius 1 is 1.61 bits per heavy atom. The second kappa shape index (κ2) is 5.52. The summed E-state index contributed by atoms with van der Waals surface area (Å²) in [6.07, 6.45) is 3.91. The molecular weight excluding hydrogens is 232 g/mol. The van der Waals surface area contributed by atoms with Gasteiger partial charge in [0.1, 0.15) is 0 Å². The lowest BCUT2D eigenvalue weighted by atomic mass is 9.91. The topological polar surface area (TPSA) is 58.6 Å². The fraction of sp³-hybridized carbons (Fsp3) is 0.692. The molecule has 2 heterocycles. The van der Waals surface area contributed by atoms with Gasteiger partial charge in [-0.3, -0.25) is 9.69 Å². The van der Waals surface area contributed by atoms with E-state index in [9.17, 15) is 9.59 Å². The number of likely N-dealkylation sites (tertiary alicyclic amines) is 1. The van der Waals surface area contributed by atoms with Crippen molar-refractivity contribution in [2.24, 2.45) is 5.92 Å². The van der Waals surface area contributed by atoms with Crippen molar-refractivity contribution in [2.75, 3.05) is 26.7 Å². The van der Waals surface area contributed by atoms with Crippen LogP contribution >= 0.6 is 0 Å². The third kappa shape index (κ3) is 2.56. The number of nitrogens with one attached hydrogen (secondary N) is 1. The lowest BCUT2D eigenvalue weighted by Crippen LogP contribution is -2.45. The largest absolute Gasteiger partial charge is 0.466 e. The third-order valence-electron chi connectivity index (χ3n) is 3.86. The number of piperidine rings is 1. The zero-order valence-corrected chi connectivity index (χ0v) is 10.9. The Kier molecular flexibility index (Phi) is 4.01. The summed E-state index contributed by atoms with van der Waals surface area (Å²) >= 11 is 0. The fourth-order valence-electron chi connectivity index (χ4n) is 2.77. The lowest BCUT2D eigenvalue weighted by Gasteiger charge is -2.35. The molecular formula is C13H20N2O3.